The Morgan fingerprint density at radius 3 is 2.90 bits per heavy atom. The second-order valence-corrected chi connectivity index (χ2v) is 6.67. The second-order valence-electron chi connectivity index (χ2n) is 5.69. The molecule has 1 atom stereocenters. The number of hydrogen-bond acceptors (Lipinski definition) is 3. The first-order chi connectivity index (χ1) is 9.84. The number of rotatable bonds is 6. The molecule has 0 saturated heterocycles. The highest BCUT2D eigenvalue weighted by atomic mass is 32.1. The van der Waals surface area contributed by atoms with Gasteiger partial charge in [-0.15, -0.1) is 11.3 Å². The SMILES string of the molecule is Cn1nccc1CCNC(c1cccs1)C1CCCC1. The summed E-state index contributed by atoms with van der Waals surface area (Å²) in [6.45, 7) is 1.03. The Balaban J connectivity index is 1.60. The Bertz CT molecular complexity index is 512. The molecule has 3 nitrogen and oxygen atoms in total. The largest absolute Gasteiger partial charge is 0.309 e. The molecule has 1 aliphatic carbocycles. The summed E-state index contributed by atoms with van der Waals surface area (Å²) in [5.41, 5.74) is 1.30. The van der Waals surface area contributed by atoms with Crippen LogP contribution in [0.3, 0.4) is 0 Å². The lowest BCUT2D eigenvalue weighted by Gasteiger charge is -2.24. The van der Waals surface area contributed by atoms with Crippen LogP contribution in [-0.2, 0) is 13.5 Å². The smallest absolute Gasteiger partial charge is 0.0492 e. The number of hydrogen-bond donors (Lipinski definition) is 1. The third-order valence-corrected chi connectivity index (χ3v) is 5.34. The van der Waals surface area contributed by atoms with Crippen LogP contribution in [0, 0.1) is 5.92 Å². The van der Waals surface area contributed by atoms with Crippen molar-refractivity contribution in [3.8, 4) is 0 Å². The van der Waals surface area contributed by atoms with Gasteiger partial charge in [-0.05, 0) is 36.3 Å². The minimum Gasteiger partial charge on any atom is -0.309 e. The van der Waals surface area contributed by atoms with Gasteiger partial charge in [-0.3, -0.25) is 4.68 Å². The maximum Gasteiger partial charge on any atom is 0.0492 e. The third-order valence-electron chi connectivity index (χ3n) is 4.39. The fraction of sp³-hybridized carbons (Fsp3) is 0.562. The maximum atomic E-state index is 4.23. The molecule has 0 spiro atoms. The summed E-state index contributed by atoms with van der Waals surface area (Å²) in [4.78, 5) is 1.50. The molecule has 4 heteroatoms. The monoisotopic (exact) mass is 289 g/mol. The first-order valence-corrected chi connectivity index (χ1v) is 8.46. The van der Waals surface area contributed by atoms with Crippen LogP contribution in [-0.4, -0.2) is 16.3 Å². The van der Waals surface area contributed by atoms with Crippen LogP contribution in [0.2, 0.25) is 0 Å². The average molecular weight is 289 g/mol. The maximum absolute atomic E-state index is 4.23. The van der Waals surface area contributed by atoms with E-state index in [9.17, 15) is 0 Å². The van der Waals surface area contributed by atoms with Gasteiger partial charge in [0.2, 0.25) is 0 Å². The highest BCUT2D eigenvalue weighted by molar-refractivity contribution is 7.10. The van der Waals surface area contributed by atoms with E-state index in [-0.39, 0.29) is 0 Å². The van der Waals surface area contributed by atoms with Gasteiger partial charge in [0.15, 0.2) is 0 Å². The standard InChI is InChI=1S/C16H23N3S/c1-19-14(9-11-18-19)8-10-17-16(13-5-2-3-6-13)15-7-4-12-20-15/h4,7,9,11-13,16-17H,2-3,5-6,8,10H2,1H3. The lowest BCUT2D eigenvalue weighted by atomic mass is 9.96. The van der Waals surface area contributed by atoms with E-state index in [1.165, 1.54) is 36.3 Å². The van der Waals surface area contributed by atoms with Crippen LogP contribution < -0.4 is 5.32 Å². The van der Waals surface area contributed by atoms with Crippen molar-refractivity contribution >= 4 is 11.3 Å². The van der Waals surface area contributed by atoms with Crippen molar-refractivity contribution in [1.29, 1.82) is 0 Å². The zero-order valence-corrected chi connectivity index (χ0v) is 12.9. The zero-order valence-electron chi connectivity index (χ0n) is 12.1. The summed E-state index contributed by atoms with van der Waals surface area (Å²) >= 11 is 1.89. The van der Waals surface area contributed by atoms with Crippen LogP contribution in [0.4, 0.5) is 0 Å². The molecule has 20 heavy (non-hydrogen) atoms. The molecule has 0 aliphatic heterocycles. The number of nitrogens with one attached hydrogen (secondary N) is 1. The molecule has 2 aromatic heterocycles. The first-order valence-electron chi connectivity index (χ1n) is 7.58. The Kier molecular flexibility index (Phi) is 4.53. The van der Waals surface area contributed by atoms with Gasteiger partial charge in [-0.25, -0.2) is 0 Å². The topological polar surface area (TPSA) is 29.9 Å². The predicted octanol–water partition coefficient (Wildman–Crippen LogP) is 3.55. The quantitative estimate of drug-likeness (QED) is 0.881. The van der Waals surface area contributed by atoms with Crippen molar-refractivity contribution in [2.24, 2.45) is 13.0 Å². The van der Waals surface area contributed by atoms with Crippen molar-refractivity contribution in [1.82, 2.24) is 15.1 Å². The lowest BCUT2D eigenvalue weighted by molar-refractivity contribution is 0.373. The van der Waals surface area contributed by atoms with Crippen molar-refractivity contribution in [2.45, 2.75) is 38.1 Å². The van der Waals surface area contributed by atoms with E-state index < -0.39 is 0 Å². The summed E-state index contributed by atoms with van der Waals surface area (Å²) in [5, 5.41) is 10.2. The molecule has 0 amide bonds. The normalized spacial score (nSPS) is 17.6. The summed E-state index contributed by atoms with van der Waals surface area (Å²) < 4.78 is 1.97. The third kappa shape index (κ3) is 3.13. The summed E-state index contributed by atoms with van der Waals surface area (Å²) in [6, 6.07) is 7.11. The van der Waals surface area contributed by atoms with Crippen LogP contribution in [0.5, 0.6) is 0 Å². The van der Waals surface area contributed by atoms with E-state index in [4.69, 9.17) is 0 Å². The molecular formula is C16H23N3S. The van der Waals surface area contributed by atoms with Gasteiger partial charge in [0.05, 0.1) is 0 Å². The fourth-order valence-electron chi connectivity index (χ4n) is 3.26. The van der Waals surface area contributed by atoms with E-state index in [0.717, 1.165) is 18.9 Å². The van der Waals surface area contributed by atoms with Gasteiger partial charge in [0.1, 0.15) is 0 Å². The fourth-order valence-corrected chi connectivity index (χ4v) is 4.15. The van der Waals surface area contributed by atoms with E-state index in [1.54, 1.807) is 0 Å². The Morgan fingerprint density at radius 2 is 2.25 bits per heavy atom. The van der Waals surface area contributed by atoms with E-state index in [0.29, 0.717) is 6.04 Å². The van der Waals surface area contributed by atoms with Crippen LogP contribution in [0.1, 0.15) is 42.3 Å². The highest BCUT2D eigenvalue weighted by Crippen LogP contribution is 2.37. The first kappa shape index (κ1) is 13.8. The molecular weight excluding hydrogens is 266 g/mol. The zero-order chi connectivity index (χ0) is 13.8. The number of nitrogens with zero attached hydrogens (tertiary/aromatic N) is 2. The molecule has 2 heterocycles. The van der Waals surface area contributed by atoms with Crippen molar-refractivity contribution in [3.63, 3.8) is 0 Å². The van der Waals surface area contributed by atoms with Gasteiger partial charge in [0, 0.05) is 42.8 Å². The van der Waals surface area contributed by atoms with Gasteiger partial charge < -0.3 is 5.32 Å². The van der Waals surface area contributed by atoms with Gasteiger partial charge in [-0.2, -0.15) is 5.10 Å². The molecule has 2 aromatic rings. The summed E-state index contributed by atoms with van der Waals surface area (Å²) in [7, 11) is 2.02. The number of aromatic nitrogens is 2. The number of aryl methyl sites for hydroxylation is 1. The average Bonchev–Trinajstić information content (AvgIpc) is 3.18. The molecule has 1 N–H and O–H groups in total. The number of thiophene rings is 1. The van der Waals surface area contributed by atoms with Crippen LogP contribution >= 0.6 is 11.3 Å². The molecule has 0 aromatic carbocycles. The van der Waals surface area contributed by atoms with E-state index in [1.807, 2.05) is 29.3 Å². The molecule has 1 saturated carbocycles. The Morgan fingerprint density at radius 1 is 1.40 bits per heavy atom. The molecule has 3 rings (SSSR count). The van der Waals surface area contributed by atoms with E-state index in [2.05, 4.69) is 34.0 Å². The molecule has 108 valence electrons. The van der Waals surface area contributed by atoms with Crippen molar-refractivity contribution < 1.29 is 0 Å². The molecule has 1 unspecified atom stereocenters. The van der Waals surface area contributed by atoms with Crippen molar-refractivity contribution in [3.05, 3.63) is 40.3 Å². The van der Waals surface area contributed by atoms with Crippen LogP contribution in [0.15, 0.2) is 29.8 Å². The van der Waals surface area contributed by atoms with Crippen molar-refractivity contribution in [2.75, 3.05) is 6.54 Å². The minimum atomic E-state index is 0.547. The molecule has 1 aliphatic rings. The predicted molar refractivity (Wildman–Crippen MR) is 83.9 cm³/mol. The van der Waals surface area contributed by atoms with Crippen LogP contribution in [0.25, 0.3) is 0 Å². The molecule has 0 radical (unpaired) electrons. The van der Waals surface area contributed by atoms with Gasteiger partial charge in [-0.1, -0.05) is 18.9 Å². The van der Waals surface area contributed by atoms with Gasteiger partial charge in [0.25, 0.3) is 0 Å². The highest BCUT2D eigenvalue weighted by Gasteiger charge is 2.26. The van der Waals surface area contributed by atoms with E-state index >= 15 is 0 Å². The second kappa shape index (κ2) is 6.55. The Hall–Kier alpha value is -1.13. The summed E-state index contributed by atoms with van der Waals surface area (Å²) in [6.07, 6.45) is 8.47. The molecule has 1 fully saturated rings. The van der Waals surface area contributed by atoms with Gasteiger partial charge >= 0.3 is 0 Å². The summed E-state index contributed by atoms with van der Waals surface area (Å²) in [5.74, 6) is 0.820. The molecule has 0 bridgehead atoms. The lowest BCUT2D eigenvalue weighted by Crippen LogP contribution is -2.28. The Labute approximate surface area is 125 Å². The minimum absolute atomic E-state index is 0.547.